The van der Waals surface area contributed by atoms with Gasteiger partial charge in [-0.3, -0.25) is 4.79 Å². The lowest BCUT2D eigenvalue weighted by Gasteiger charge is -1.79. The molecule has 0 aliphatic carbocycles. The fourth-order valence-electron chi connectivity index (χ4n) is 0. The zero-order valence-electron chi connectivity index (χ0n) is 3.40. The Labute approximate surface area is 58.1 Å². The van der Waals surface area contributed by atoms with Crippen molar-refractivity contribution in [3.05, 3.63) is 0 Å². The minimum absolute atomic E-state index is 0. The molecule has 6 heteroatoms. The molecule has 0 aliphatic rings. The van der Waals surface area contributed by atoms with Gasteiger partial charge in [0, 0.05) is 0 Å². The summed E-state index contributed by atoms with van der Waals surface area (Å²) in [6.45, 7) is 0. The molecule has 0 fully saturated rings. The van der Waals surface area contributed by atoms with Crippen LogP contribution < -0.4 is 6.15 Å². The van der Waals surface area contributed by atoms with Gasteiger partial charge in [-0.2, -0.15) is 0 Å². The lowest BCUT2D eigenvalue weighted by Crippen LogP contribution is -2.05. The van der Waals surface area contributed by atoms with Gasteiger partial charge in [0.2, 0.25) is 0 Å². The molecular formula is CH4BBr2NO2. The molecule has 0 heterocycles. The molecule has 0 atom stereocenters. The molecule has 0 saturated heterocycles. The van der Waals surface area contributed by atoms with E-state index in [1.54, 1.807) is 0 Å². The molecule has 0 radical (unpaired) electrons. The number of hydrogen-bond donors (Lipinski definition) is 2. The van der Waals surface area contributed by atoms with Crippen molar-refractivity contribution in [3.63, 3.8) is 0 Å². The van der Waals surface area contributed by atoms with Crippen LogP contribution in [0.3, 0.4) is 0 Å². The van der Waals surface area contributed by atoms with Crippen LogP contribution in [0.2, 0.25) is 0 Å². The molecule has 42 valence electrons. The maximum Gasteiger partial charge on any atom is 0.425 e. The third kappa shape index (κ3) is 6.45. The van der Waals surface area contributed by atoms with Crippen molar-refractivity contribution in [2.45, 2.75) is 0 Å². The molecule has 0 aromatic rings. The minimum atomic E-state index is -0.907. The highest BCUT2D eigenvalue weighted by Gasteiger charge is 2.12. The fourth-order valence-corrected chi connectivity index (χ4v) is 0. The van der Waals surface area contributed by atoms with Gasteiger partial charge in [0.1, 0.15) is 0 Å². The topological polar surface area (TPSA) is 72.3 Å². The van der Waals surface area contributed by atoms with Crippen LogP contribution in [-0.4, -0.2) is 15.3 Å². The molecule has 0 amide bonds. The number of hydrogen-bond acceptors (Lipinski definition) is 2. The molecule has 0 bridgehead atoms. The SMILES string of the molecule is N.O=C(O)B(Br)Br. The third-order valence-corrected chi connectivity index (χ3v) is 0.970. The Morgan fingerprint density at radius 1 is 1.57 bits per heavy atom. The standard InChI is InChI=1S/CHBBr2O2.H3N/c3-2(4)1(5)6;/h(H,5,6);1H3. The van der Waals surface area contributed by atoms with Gasteiger partial charge in [-0.15, -0.1) is 31.5 Å². The van der Waals surface area contributed by atoms with Crippen molar-refractivity contribution < 1.29 is 9.90 Å². The first-order chi connectivity index (χ1) is 2.64. The van der Waals surface area contributed by atoms with Crippen LogP contribution in [-0.2, 0) is 0 Å². The summed E-state index contributed by atoms with van der Waals surface area (Å²) in [6.07, 6.45) is 0. The molecule has 0 aromatic carbocycles. The Morgan fingerprint density at radius 2 is 1.71 bits per heavy atom. The van der Waals surface area contributed by atoms with Crippen molar-refractivity contribution in [3.8, 4) is 0 Å². The van der Waals surface area contributed by atoms with Crippen molar-refractivity contribution in [2.24, 2.45) is 0 Å². The summed E-state index contributed by atoms with van der Waals surface area (Å²) in [5, 5.41) is 7.90. The second kappa shape index (κ2) is 4.61. The summed E-state index contributed by atoms with van der Waals surface area (Å²) >= 11 is 5.51. The van der Waals surface area contributed by atoms with E-state index in [1.807, 2.05) is 0 Å². The van der Waals surface area contributed by atoms with Gasteiger partial charge in [0.05, 0.1) is 0 Å². The van der Waals surface area contributed by atoms with Gasteiger partial charge in [-0.05, 0) is 0 Å². The van der Waals surface area contributed by atoms with E-state index in [4.69, 9.17) is 5.11 Å². The Bertz CT molecular complexity index is 66.7. The van der Waals surface area contributed by atoms with Crippen LogP contribution >= 0.6 is 31.5 Å². The summed E-state index contributed by atoms with van der Waals surface area (Å²) in [5.41, 5.74) is 0. The zero-order chi connectivity index (χ0) is 5.15. The molecular weight excluding hydrogens is 229 g/mol. The average Bonchev–Trinajstić information content (AvgIpc) is 1.36. The molecule has 0 spiro atoms. The van der Waals surface area contributed by atoms with E-state index >= 15 is 0 Å². The lowest BCUT2D eigenvalue weighted by atomic mass is 10.2. The van der Waals surface area contributed by atoms with Crippen molar-refractivity contribution in [1.29, 1.82) is 0 Å². The predicted octanol–water partition coefficient (Wildman–Crippen LogP) is 1.69. The first kappa shape index (κ1) is 10.4. The van der Waals surface area contributed by atoms with Gasteiger partial charge in [0.25, 0.3) is 5.87 Å². The van der Waals surface area contributed by atoms with Gasteiger partial charge in [-0.1, -0.05) is 0 Å². The Morgan fingerprint density at radius 3 is 1.71 bits per heavy atom. The van der Waals surface area contributed by atoms with E-state index in [2.05, 4.69) is 31.5 Å². The van der Waals surface area contributed by atoms with E-state index < -0.39 is 10.2 Å². The van der Waals surface area contributed by atoms with Crippen LogP contribution in [0.15, 0.2) is 0 Å². The largest absolute Gasteiger partial charge is 0.488 e. The summed E-state index contributed by atoms with van der Waals surface area (Å²) in [7, 11) is 0. The molecule has 4 N–H and O–H groups in total. The van der Waals surface area contributed by atoms with Crippen molar-refractivity contribution >= 4 is 41.7 Å². The van der Waals surface area contributed by atoms with E-state index in [0.29, 0.717) is 0 Å². The molecule has 0 aromatic heterocycles. The molecule has 0 rings (SSSR count). The highest BCUT2D eigenvalue weighted by atomic mass is 79.9. The van der Waals surface area contributed by atoms with Crippen molar-refractivity contribution in [2.75, 3.05) is 0 Å². The number of carbonyl (C=O) groups is 1. The molecule has 0 aliphatic heterocycles. The molecule has 0 saturated carbocycles. The predicted molar refractivity (Wildman–Crippen MR) is 36.7 cm³/mol. The quantitative estimate of drug-likeness (QED) is 0.676. The fraction of sp³-hybridized carbons (Fsp3) is 0. The maximum absolute atomic E-state index is 9.61. The third-order valence-electron chi connectivity index (χ3n) is 0.187. The minimum Gasteiger partial charge on any atom is -0.488 e. The Balaban J connectivity index is 0. The summed E-state index contributed by atoms with van der Waals surface area (Å²) in [5.74, 6) is -0.907. The molecule has 7 heavy (non-hydrogen) atoms. The van der Waals surface area contributed by atoms with E-state index in [9.17, 15) is 4.79 Å². The lowest BCUT2D eigenvalue weighted by molar-refractivity contribution is 0.220. The van der Waals surface area contributed by atoms with Gasteiger partial charge < -0.3 is 11.3 Å². The smallest absolute Gasteiger partial charge is 0.425 e. The molecule has 0 unspecified atom stereocenters. The summed E-state index contributed by atoms with van der Waals surface area (Å²) in [6, 6.07) is 0. The highest BCUT2D eigenvalue weighted by Crippen LogP contribution is 2.01. The second-order valence-electron chi connectivity index (χ2n) is 0.639. The normalized spacial score (nSPS) is 6.57. The van der Waals surface area contributed by atoms with Crippen LogP contribution in [0.1, 0.15) is 0 Å². The summed E-state index contributed by atoms with van der Waals surface area (Å²) < 4.78 is -0.606. The van der Waals surface area contributed by atoms with Gasteiger partial charge >= 0.3 is 4.36 Å². The first-order valence-corrected chi connectivity index (χ1v) is 2.98. The van der Waals surface area contributed by atoms with E-state index in [0.717, 1.165) is 0 Å². The maximum atomic E-state index is 9.61. The van der Waals surface area contributed by atoms with Crippen LogP contribution in [0.4, 0.5) is 4.79 Å². The Hall–Kier alpha value is 0.455. The van der Waals surface area contributed by atoms with E-state index in [-0.39, 0.29) is 6.15 Å². The van der Waals surface area contributed by atoms with E-state index in [1.165, 1.54) is 0 Å². The number of rotatable bonds is 1. The van der Waals surface area contributed by atoms with Crippen molar-refractivity contribution in [1.82, 2.24) is 6.15 Å². The first-order valence-electron chi connectivity index (χ1n) is 1.15. The van der Waals surface area contributed by atoms with Crippen LogP contribution in [0.5, 0.6) is 0 Å². The monoisotopic (exact) mass is 231 g/mol. The number of carboxylic acid groups (broad SMARTS) is 1. The zero-order valence-corrected chi connectivity index (χ0v) is 6.57. The Kier molecular flexibility index (Phi) is 6.87. The summed E-state index contributed by atoms with van der Waals surface area (Å²) in [4.78, 5) is 9.61. The number of halogens is 2. The highest BCUT2D eigenvalue weighted by molar-refractivity contribution is 9.50. The van der Waals surface area contributed by atoms with Gasteiger partial charge in [0.15, 0.2) is 0 Å². The molecule has 3 nitrogen and oxygen atoms in total. The van der Waals surface area contributed by atoms with Crippen LogP contribution in [0, 0.1) is 0 Å². The average molecular weight is 233 g/mol. The second-order valence-corrected chi connectivity index (χ2v) is 3.70. The van der Waals surface area contributed by atoms with Crippen LogP contribution in [0.25, 0.3) is 0 Å². The van der Waals surface area contributed by atoms with Gasteiger partial charge in [-0.25, -0.2) is 0 Å².